The molecule has 0 unspecified atom stereocenters. The summed E-state index contributed by atoms with van der Waals surface area (Å²) in [6.07, 6.45) is 0. The molecule has 0 fully saturated rings. The zero-order valence-corrected chi connectivity index (χ0v) is 11.3. The second-order valence-corrected chi connectivity index (χ2v) is 4.89. The number of nitrogen functional groups attached to an aromatic ring is 1. The van der Waals surface area contributed by atoms with Crippen molar-refractivity contribution in [1.29, 1.82) is 0 Å². The van der Waals surface area contributed by atoms with E-state index in [2.05, 4.69) is 15.9 Å². The van der Waals surface area contributed by atoms with Gasteiger partial charge in [0.25, 0.3) is 0 Å². The second kappa shape index (κ2) is 5.98. The van der Waals surface area contributed by atoms with E-state index in [1.54, 1.807) is 12.1 Å². The van der Waals surface area contributed by atoms with Gasteiger partial charge in [0.1, 0.15) is 5.82 Å². The fourth-order valence-electron chi connectivity index (χ4n) is 1.59. The standard InChI is InChI=1S/C14H13BrFNO/c15-12-3-1-2-10(6-12)8-18-9-11-4-5-13(17)7-14(11)16/h1-7H,8-9,17H2. The molecule has 94 valence electrons. The van der Waals surface area contributed by atoms with Crippen LogP contribution >= 0.6 is 15.9 Å². The van der Waals surface area contributed by atoms with Crippen LogP contribution in [0.5, 0.6) is 0 Å². The zero-order valence-electron chi connectivity index (χ0n) is 9.70. The third kappa shape index (κ3) is 3.55. The molecule has 0 aliphatic rings. The molecule has 0 aliphatic carbocycles. The monoisotopic (exact) mass is 309 g/mol. The van der Waals surface area contributed by atoms with Crippen molar-refractivity contribution in [3.8, 4) is 0 Å². The van der Waals surface area contributed by atoms with Crippen LogP contribution in [0.2, 0.25) is 0 Å². The average Bonchev–Trinajstić information content (AvgIpc) is 2.32. The van der Waals surface area contributed by atoms with E-state index in [9.17, 15) is 4.39 Å². The summed E-state index contributed by atoms with van der Waals surface area (Å²) in [7, 11) is 0. The van der Waals surface area contributed by atoms with Gasteiger partial charge in [-0.2, -0.15) is 0 Å². The van der Waals surface area contributed by atoms with Crippen molar-refractivity contribution in [3.05, 3.63) is 63.9 Å². The number of rotatable bonds is 4. The number of benzene rings is 2. The molecule has 2 rings (SSSR count). The zero-order chi connectivity index (χ0) is 13.0. The van der Waals surface area contributed by atoms with Crippen molar-refractivity contribution < 1.29 is 9.13 Å². The Balaban J connectivity index is 1.92. The number of anilines is 1. The van der Waals surface area contributed by atoms with Crippen LogP contribution in [-0.2, 0) is 18.0 Å². The summed E-state index contributed by atoms with van der Waals surface area (Å²) in [6, 6.07) is 12.4. The lowest BCUT2D eigenvalue weighted by molar-refractivity contribution is 0.105. The van der Waals surface area contributed by atoms with E-state index >= 15 is 0 Å². The molecule has 0 saturated heterocycles. The van der Waals surface area contributed by atoms with Crippen molar-refractivity contribution in [1.82, 2.24) is 0 Å². The first kappa shape index (κ1) is 13.1. The van der Waals surface area contributed by atoms with Crippen LogP contribution in [0, 0.1) is 5.82 Å². The van der Waals surface area contributed by atoms with E-state index in [-0.39, 0.29) is 12.4 Å². The minimum Gasteiger partial charge on any atom is -0.399 e. The highest BCUT2D eigenvalue weighted by molar-refractivity contribution is 9.10. The van der Waals surface area contributed by atoms with Crippen LogP contribution in [0.4, 0.5) is 10.1 Å². The molecule has 2 aromatic rings. The Morgan fingerprint density at radius 3 is 2.67 bits per heavy atom. The minimum atomic E-state index is -0.329. The van der Waals surface area contributed by atoms with Crippen LogP contribution in [0.3, 0.4) is 0 Å². The summed E-state index contributed by atoms with van der Waals surface area (Å²) in [6.45, 7) is 0.682. The van der Waals surface area contributed by atoms with Gasteiger partial charge in [0, 0.05) is 15.7 Å². The Morgan fingerprint density at radius 1 is 1.11 bits per heavy atom. The number of nitrogens with two attached hydrogens (primary N) is 1. The first-order chi connectivity index (χ1) is 8.65. The lowest BCUT2D eigenvalue weighted by Gasteiger charge is -2.06. The summed E-state index contributed by atoms with van der Waals surface area (Å²) >= 11 is 3.39. The van der Waals surface area contributed by atoms with Crippen LogP contribution in [-0.4, -0.2) is 0 Å². The maximum atomic E-state index is 13.5. The van der Waals surface area contributed by atoms with Crippen LogP contribution in [0.25, 0.3) is 0 Å². The largest absolute Gasteiger partial charge is 0.399 e. The topological polar surface area (TPSA) is 35.2 Å². The Kier molecular flexibility index (Phi) is 4.33. The lowest BCUT2D eigenvalue weighted by atomic mass is 10.2. The van der Waals surface area contributed by atoms with Gasteiger partial charge in [0.05, 0.1) is 13.2 Å². The summed E-state index contributed by atoms with van der Waals surface area (Å²) in [4.78, 5) is 0. The molecule has 0 heterocycles. The van der Waals surface area contributed by atoms with Crippen molar-refractivity contribution in [2.75, 3.05) is 5.73 Å². The normalized spacial score (nSPS) is 10.6. The molecule has 2 aromatic carbocycles. The molecule has 0 aromatic heterocycles. The molecule has 4 heteroatoms. The van der Waals surface area contributed by atoms with E-state index in [0.29, 0.717) is 17.9 Å². The molecule has 2 N–H and O–H groups in total. The summed E-state index contributed by atoms with van der Waals surface area (Å²) < 4.78 is 20.0. The second-order valence-electron chi connectivity index (χ2n) is 3.97. The first-order valence-corrected chi connectivity index (χ1v) is 6.30. The fourth-order valence-corrected chi connectivity index (χ4v) is 2.03. The molecule has 0 aliphatic heterocycles. The number of ether oxygens (including phenoxy) is 1. The van der Waals surface area contributed by atoms with Crippen LogP contribution in [0.1, 0.15) is 11.1 Å². The van der Waals surface area contributed by atoms with Crippen LogP contribution < -0.4 is 5.73 Å². The van der Waals surface area contributed by atoms with E-state index in [0.717, 1.165) is 10.0 Å². The van der Waals surface area contributed by atoms with Crippen molar-refractivity contribution >= 4 is 21.6 Å². The Labute approximate surface area is 114 Å². The Bertz CT molecular complexity index is 545. The highest BCUT2D eigenvalue weighted by Gasteiger charge is 2.03. The quantitative estimate of drug-likeness (QED) is 0.870. The molecule has 0 atom stereocenters. The van der Waals surface area contributed by atoms with Crippen molar-refractivity contribution in [2.45, 2.75) is 13.2 Å². The molecule has 18 heavy (non-hydrogen) atoms. The third-order valence-corrected chi connectivity index (χ3v) is 2.99. The van der Waals surface area contributed by atoms with Gasteiger partial charge in [0.2, 0.25) is 0 Å². The highest BCUT2D eigenvalue weighted by Crippen LogP contribution is 2.15. The first-order valence-electron chi connectivity index (χ1n) is 5.51. The maximum Gasteiger partial charge on any atom is 0.130 e. The Hall–Kier alpha value is -1.39. The van der Waals surface area contributed by atoms with Gasteiger partial charge in [-0.05, 0) is 29.8 Å². The van der Waals surface area contributed by atoms with Gasteiger partial charge < -0.3 is 10.5 Å². The van der Waals surface area contributed by atoms with Gasteiger partial charge in [-0.15, -0.1) is 0 Å². The van der Waals surface area contributed by atoms with E-state index in [4.69, 9.17) is 10.5 Å². The molecule has 0 radical (unpaired) electrons. The molecular weight excluding hydrogens is 297 g/mol. The summed E-state index contributed by atoms with van der Waals surface area (Å²) in [5, 5.41) is 0. The van der Waals surface area contributed by atoms with Gasteiger partial charge >= 0.3 is 0 Å². The average molecular weight is 310 g/mol. The smallest absolute Gasteiger partial charge is 0.130 e. The fraction of sp³-hybridized carbons (Fsp3) is 0.143. The molecule has 2 nitrogen and oxygen atoms in total. The van der Waals surface area contributed by atoms with Gasteiger partial charge in [-0.1, -0.05) is 34.1 Å². The van der Waals surface area contributed by atoms with E-state index in [1.165, 1.54) is 6.07 Å². The van der Waals surface area contributed by atoms with E-state index in [1.807, 2.05) is 24.3 Å². The molecule has 0 saturated carbocycles. The van der Waals surface area contributed by atoms with Crippen molar-refractivity contribution in [2.24, 2.45) is 0 Å². The summed E-state index contributed by atoms with van der Waals surface area (Å²) in [5.74, 6) is -0.329. The predicted molar refractivity (Wildman–Crippen MR) is 73.4 cm³/mol. The van der Waals surface area contributed by atoms with Crippen molar-refractivity contribution in [3.63, 3.8) is 0 Å². The molecule has 0 bridgehead atoms. The maximum absolute atomic E-state index is 13.5. The number of halogens is 2. The van der Waals surface area contributed by atoms with Gasteiger partial charge in [0.15, 0.2) is 0 Å². The van der Waals surface area contributed by atoms with Gasteiger partial charge in [-0.25, -0.2) is 4.39 Å². The number of hydrogen-bond donors (Lipinski definition) is 1. The van der Waals surface area contributed by atoms with E-state index < -0.39 is 0 Å². The third-order valence-electron chi connectivity index (χ3n) is 2.49. The summed E-state index contributed by atoms with van der Waals surface area (Å²) in [5.41, 5.74) is 7.45. The predicted octanol–water partition coefficient (Wildman–Crippen LogP) is 3.89. The lowest BCUT2D eigenvalue weighted by Crippen LogP contribution is -1.98. The molecule has 0 spiro atoms. The molecular formula is C14H13BrFNO. The minimum absolute atomic E-state index is 0.235. The molecule has 0 amide bonds. The number of hydrogen-bond acceptors (Lipinski definition) is 2. The van der Waals surface area contributed by atoms with Gasteiger partial charge in [-0.3, -0.25) is 0 Å². The SMILES string of the molecule is Nc1ccc(COCc2cccc(Br)c2)c(F)c1. The highest BCUT2D eigenvalue weighted by atomic mass is 79.9. The Morgan fingerprint density at radius 2 is 1.94 bits per heavy atom. The van der Waals surface area contributed by atoms with Crippen LogP contribution in [0.15, 0.2) is 46.9 Å².